The molecule has 1 saturated heterocycles. The SMILES string of the molecule is CC(=O)O[C@H]1CC[C@]2(C)[C@H]3CC[C@@H]4[C@H]5[C@H](C)[C@]6(C)O[C@@H]6[C@H](O)[C@]5(C)CC[C@@]4(C)[C@]3(C)CC[C@H]2C1(C)C. The number of rotatable bonds is 1. The fourth-order valence-electron chi connectivity index (χ4n) is 12.5. The van der Waals surface area contributed by atoms with E-state index in [-0.39, 0.29) is 51.5 Å². The van der Waals surface area contributed by atoms with Crippen LogP contribution in [0.3, 0.4) is 0 Å². The van der Waals surface area contributed by atoms with E-state index in [2.05, 4.69) is 55.4 Å². The lowest BCUT2D eigenvalue weighted by atomic mass is 9.31. The average molecular weight is 501 g/mol. The van der Waals surface area contributed by atoms with E-state index < -0.39 is 0 Å². The second kappa shape index (κ2) is 7.32. The molecular weight excluding hydrogens is 448 g/mol. The normalized spacial score (nSPS) is 60.9. The topological polar surface area (TPSA) is 59.1 Å². The molecular formula is C32H52O4. The minimum absolute atomic E-state index is 0.0117. The highest BCUT2D eigenvalue weighted by atomic mass is 16.6. The van der Waals surface area contributed by atoms with Gasteiger partial charge in [0, 0.05) is 12.3 Å². The van der Waals surface area contributed by atoms with Crippen molar-refractivity contribution < 1.29 is 19.4 Å². The molecule has 4 heteroatoms. The van der Waals surface area contributed by atoms with Crippen molar-refractivity contribution in [3.63, 3.8) is 0 Å². The monoisotopic (exact) mass is 500 g/mol. The van der Waals surface area contributed by atoms with Gasteiger partial charge in [0.05, 0.1) is 11.7 Å². The molecule has 6 fully saturated rings. The van der Waals surface area contributed by atoms with E-state index in [1.54, 1.807) is 6.92 Å². The van der Waals surface area contributed by atoms with Crippen molar-refractivity contribution in [1.82, 2.24) is 0 Å². The Morgan fingerprint density at radius 1 is 0.833 bits per heavy atom. The molecule has 0 spiro atoms. The fraction of sp³-hybridized carbons (Fsp3) is 0.969. The summed E-state index contributed by atoms with van der Waals surface area (Å²) in [7, 11) is 0. The molecule has 36 heavy (non-hydrogen) atoms. The lowest BCUT2D eigenvalue weighted by Gasteiger charge is -2.74. The van der Waals surface area contributed by atoms with Crippen LogP contribution >= 0.6 is 0 Å². The van der Waals surface area contributed by atoms with Gasteiger partial charge in [-0.25, -0.2) is 0 Å². The highest BCUT2D eigenvalue weighted by molar-refractivity contribution is 5.66. The summed E-state index contributed by atoms with van der Waals surface area (Å²) in [5, 5.41) is 11.5. The first-order chi connectivity index (χ1) is 16.6. The molecule has 5 saturated carbocycles. The summed E-state index contributed by atoms with van der Waals surface area (Å²) in [5.74, 6) is 2.83. The van der Waals surface area contributed by atoms with Crippen LogP contribution < -0.4 is 0 Å². The first-order valence-corrected chi connectivity index (χ1v) is 15.1. The summed E-state index contributed by atoms with van der Waals surface area (Å²) in [6.07, 6.45) is 9.35. The molecule has 1 heterocycles. The van der Waals surface area contributed by atoms with Crippen LogP contribution in [0.4, 0.5) is 0 Å². The molecule has 5 aliphatic carbocycles. The maximum atomic E-state index is 11.9. The van der Waals surface area contributed by atoms with Crippen LogP contribution in [0.1, 0.15) is 114 Å². The van der Waals surface area contributed by atoms with Crippen molar-refractivity contribution in [2.24, 2.45) is 56.7 Å². The number of carbonyl (C=O) groups is 1. The van der Waals surface area contributed by atoms with Crippen LogP contribution in [-0.4, -0.2) is 35.0 Å². The van der Waals surface area contributed by atoms with Gasteiger partial charge in [0.25, 0.3) is 0 Å². The van der Waals surface area contributed by atoms with Crippen molar-refractivity contribution in [3.05, 3.63) is 0 Å². The Balaban J connectivity index is 1.36. The first-order valence-electron chi connectivity index (χ1n) is 15.1. The van der Waals surface area contributed by atoms with E-state index in [4.69, 9.17) is 9.47 Å². The Morgan fingerprint density at radius 3 is 2.19 bits per heavy atom. The van der Waals surface area contributed by atoms with Gasteiger partial charge in [-0.1, -0.05) is 48.5 Å². The molecule has 1 N–H and O–H groups in total. The Labute approximate surface area is 219 Å². The van der Waals surface area contributed by atoms with Crippen molar-refractivity contribution >= 4 is 5.97 Å². The van der Waals surface area contributed by atoms with E-state index in [1.807, 2.05) is 0 Å². The quantitative estimate of drug-likeness (QED) is 0.318. The Morgan fingerprint density at radius 2 is 1.53 bits per heavy atom. The summed E-state index contributed by atoms with van der Waals surface area (Å²) in [4.78, 5) is 11.9. The molecule has 6 aliphatic rings. The van der Waals surface area contributed by atoms with Gasteiger partial charge >= 0.3 is 5.97 Å². The molecule has 0 amide bonds. The first kappa shape index (κ1) is 25.7. The molecule has 204 valence electrons. The molecule has 4 nitrogen and oxygen atoms in total. The lowest BCUT2D eigenvalue weighted by molar-refractivity contribution is -0.263. The molecule has 0 aromatic carbocycles. The second-order valence-corrected chi connectivity index (χ2v) is 16.1. The third-order valence-corrected chi connectivity index (χ3v) is 14.9. The van der Waals surface area contributed by atoms with Crippen molar-refractivity contribution in [3.8, 4) is 0 Å². The number of ether oxygens (including phenoxy) is 2. The van der Waals surface area contributed by atoms with Crippen LogP contribution in [0.15, 0.2) is 0 Å². The van der Waals surface area contributed by atoms with Crippen molar-refractivity contribution in [2.45, 2.75) is 138 Å². The molecule has 1 aliphatic heterocycles. The van der Waals surface area contributed by atoms with E-state index in [9.17, 15) is 9.90 Å². The van der Waals surface area contributed by atoms with Crippen LogP contribution in [0.2, 0.25) is 0 Å². The largest absolute Gasteiger partial charge is 0.462 e. The van der Waals surface area contributed by atoms with Gasteiger partial charge in [0.2, 0.25) is 0 Å². The van der Waals surface area contributed by atoms with E-state index in [0.29, 0.717) is 35.0 Å². The highest BCUT2D eigenvalue weighted by Gasteiger charge is 2.76. The minimum Gasteiger partial charge on any atom is -0.462 e. The minimum atomic E-state index is -0.329. The summed E-state index contributed by atoms with van der Waals surface area (Å²) in [6.45, 7) is 21.4. The van der Waals surface area contributed by atoms with E-state index in [0.717, 1.165) is 12.8 Å². The Hall–Kier alpha value is -0.610. The number of esters is 1. The zero-order valence-corrected chi connectivity index (χ0v) is 24.4. The smallest absolute Gasteiger partial charge is 0.302 e. The average Bonchev–Trinajstić information content (AvgIpc) is 3.48. The molecule has 13 atom stereocenters. The summed E-state index contributed by atoms with van der Waals surface area (Å²) in [5.41, 5.74) is 0.728. The predicted molar refractivity (Wildman–Crippen MR) is 141 cm³/mol. The van der Waals surface area contributed by atoms with Crippen LogP contribution in [0.25, 0.3) is 0 Å². The molecule has 0 radical (unpaired) electrons. The third-order valence-electron chi connectivity index (χ3n) is 14.9. The second-order valence-electron chi connectivity index (χ2n) is 16.1. The number of hydrogen-bond acceptors (Lipinski definition) is 4. The van der Waals surface area contributed by atoms with Gasteiger partial charge in [-0.2, -0.15) is 0 Å². The number of hydrogen-bond donors (Lipinski definition) is 1. The highest BCUT2D eigenvalue weighted by Crippen LogP contribution is 2.78. The standard InChI is InChI=1S/C32H52O4/c1-18-24-20-10-11-22-28(5)14-13-23(35-19(2)33)27(3,4)21(28)12-15-31(22,8)30(20,7)17-16-29(24,6)25(34)26-32(18,9)36-26/h18,20-26,34H,10-17H2,1-9H3/t18-,20+,21-,22+,23-,24+,25-,26+,28-,29+,30+,31+,32-/m0/s1. The summed E-state index contributed by atoms with van der Waals surface area (Å²) >= 11 is 0. The van der Waals surface area contributed by atoms with Crippen LogP contribution in [0, 0.1) is 56.7 Å². The molecule has 0 bridgehead atoms. The Kier molecular flexibility index (Phi) is 5.21. The van der Waals surface area contributed by atoms with Gasteiger partial charge in [-0.05, 0) is 110 Å². The number of aliphatic hydroxyl groups excluding tert-OH is 1. The van der Waals surface area contributed by atoms with Gasteiger partial charge in [-0.3, -0.25) is 4.79 Å². The fourth-order valence-corrected chi connectivity index (χ4v) is 12.5. The number of fused-ring (bicyclic) bond motifs is 8. The lowest BCUT2D eigenvalue weighted by Crippen LogP contribution is -2.69. The van der Waals surface area contributed by atoms with Gasteiger partial charge in [-0.15, -0.1) is 0 Å². The van der Waals surface area contributed by atoms with E-state index >= 15 is 0 Å². The van der Waals surface area contributed by atoms with Gasteiger partial charge < -0.3 is 14.6 Å². The number of aliphatic hydroxyl groups is 1. The Bertz CT molecular complexity index is 960. The maximum Gasteiger partial charge on any atom is 0.302 e. The van der Waals surface area contributed by atoms with Crippen molar-refractivity contribution in [1.29, 1.82) is 0 Å². The predicted octanol–water partition coefficient (Wildman–Crippen LogP) is 6.78. The molecule has 0 aromatic rings. The maximum absolute atomic E-state index is 11.9. The summed E-state index contributed by atoms with van der Waals surface area (Å²) in [6, 6.07) is 0. The molecule has 0 unspecified atom stereocenters. The van der Waals surface area contributed by atoms with E-state index in [1.165, 1.54) is 38.5 Å². The van der Waals surface area contributed by atoms with Gasteiger partial charge in [0.1, 0.15) is 12.2 Å². The zero-order valence-electron chi connectivity index (χ0n) is 24.4. The number of epoxide rings is 1. The van der Waals surface area contributed by atoms with Crippen LogP contribution in [0.5, 0.6) is 0 Å². The van der Waals surface area contributed by atoms with Crippen molar-refractivity contribution in [2.75, 3.05) is 0 Å². The zero-order chi connectivity index (χ0) is 26.3. The molecule has 6 rings (SSSR count). The van der Waals surface area contributed by atoms with Gasteiger partial charge in [0.15, 0.2) is 0 Å². The molecule has 0 aromatic heterocycles. The number of carbonyl (C=O) groups excluding carboxylic acids is 1. The third kappa shape index (κ3) is 2.82. The van der Waals surface area contributed by atoms with Crippen LogP contribution in [-0.2, 0) is 14.3 Å². The summed E-state index contributed by atoms with van der Waals surface area (Å²) < 4.78 is 12.2.